The fraction of sp³-hybridized carbons (Fsp3) is 0.562. The molecule has 0 saturated heterocycles. The van der Waals surface area contributed by atoms with Gasteiger partial charge in [0.25, 0.3) is 5.91 Å². The van der Waals surface area contributed by atoms with E-state index in [4.69, 9.17) is 0 Å². The van der Waals surface area contributed by atoms with E-state index in [2.05, 4.69) is 29.8 Å². The van der Waals surface area contributed by atoms with Crippen molar-refractivity contribution < 1.29 is 4.79 Å². The summed E-state index contributed by atoms with van der Waals surface area (Å²) in [7, 11) is 0. The second-order valence-electron chi connectivity index (χ2n) is 4.79. The number of alkyl halides is 1. The molecule has 2 nitrogen and oxygen atoms in total. The Morgan fingerprint density at radius 3 is 2.21 bits per heavy atom. The number of hydrogen-bond acceptors (Lipinski definition) is 1. The molecule has 0 bridgehead atoms. The summed E-state index contributed by atoms with van der Waals surface area (Å²) < 4.78 is 0. The molecule has 1 aromatic rings. The van der Waals surface area contributed by atoms with Gasteiger partial charge in [-0.15, -0.1) is 0 Å². The molecule has 0 atom stereocenters. The van der Waals surface area contributed by atoms with Gasteiger partial charge in [-0.25, -0.2) is 0 Å². The Labute approximate surface area is 125 Å². The van der Waals surface area contributed by atoms with Crippen molar-refractivity contribution in [3.05, 3.63) is 35.4 Å². The van der Waals surface area contributed by atoms with Crippen LogP contribution < -0.4 is 0 Å². The summed E-state index contributed by atoms with van der Waals surface area (Å²) in [6.45, 7) is 6.06. The molecule has 0 spiro atoms. The van der Waals surface area contributed by atoms with Gasteiger partial charge in [-0.1, -0.05) is 60.8 Å². The molecule has 0 heterocycles. The van der Waals surface area contributed by atoms with Crippen LogP contribution in [-0.2, 0) is 5.33 Å². The van der Waals surface area contributed by atoms with E-state index in [0.717, 1.165) is 55.2 Å². The van der Waals surface area contributed by atoms with E-state index in [9.17, 15) is 4.79 Å². The molecular weight excluding hydrogens is 302 g/mol. The molecule has 0 aliphatic rings. The zero-order chi connectivity index (χ0) is 14.1. The maximum absolute atomic E-state index is 12.6. The monoisotopic (exact) mass is 325 g/mol. The molecule has 0 saturated carbocycles. The summed E-state index contributed by atoms with van der Waals surface area (Å²) >= 11 is 3.46. The van der Waals surface area contributed by atoms with Gasteiger partial charge in [-0.05, 0) is 24.5 Å². The van der Waals surface area contributed by atoms with Crippen molar-refractivity contribution in [3.8, 4) is 0 Å². The maximum atomic E-state index is 12.6. The lowest BCUT2D eigenvalue weighted by Crippen LogP contribution is -2.33. The lowest BCUT2D eigenvalue weighted by atomic mass is 10.1. The SMILES string of the molecule is CCCCN(CCCC)C(=O)c1ccccc1CBr. The third kappa shape index (κ3) is 4.98. The molecule has 1 rings (SSSR count). The molecule has 0 N–H and O–H groups in total. The third-order valence-electron chi connectivity index (χ3n) is 3.24. The molecule has 1 aromatic carbocycles. The van der Waals surface area contributed by atoms with Crippen molar-refractivity contribution in [1.29, 1.82) is 0 Å². The molecule has 19 heavy (non-hydrogen) atoms. The van der Waals surface area contributed by atoms with E-state index in [-0.39, 0.29) is 5.91 Å². The summed E-state index contributed by atoms with van der Waals surface area (Å²) in [5.74, 6) is 0.178. The Kier molecular flexibility index (Phi) is 7.80. The Morgan fingerprint density at radius 2 is 1.68 bits per heavy atom. The maximum Gasteiger partial charge on any atom is 0.254 e. The zero-order valence-corrected chi connectivity index (χ0v) is 13.6. The van der Waals surface area contributed by atoms with Crippen molar-refractivity contribution in [2.24, 2.45) is 0 Å². The molecular formula is C16H24BrNO. The van der Waals surface area contributed by atoms with Crippen LogP contribution in [0.3, 0.4) is 0 Å². The Hall–Kier alpha value is -0.830. The zero-order valence-electron chi connectivity index (χ0n) is 12.0. The molecule has 0 aliphatic carbocycles. The number of carbonyl (C=O) groups excluding carboxylic acids is 1. The quantitative estimate of drug-likeness (QED) is 0.638. The van der Waals surface area contributed by atoms with E-state index in [1.54, 1.807) is 0 Å². The van der Waals surface area contributed by atoms with E-state index in [1.165, 1.54) is 0 Å². The highest BCUT2D eigenvalue weighted by Gasteiger charge is 2.17. The first-order chi connectivity index (χ1) is 9.24. The number of nitrogens with zero attached hydrogens (tertiary/aromatic N) is 1. The van der Waals surface area contributed by atoms with Crippen LogP contribution >= 0.6 is 15.9 Å². The first-order valence-corrected chi connectivity index (χ1v) is 8.29. The number of unbranched alkanes of at least 4 members (excludes halogenated alkanes) is 2. The van der Waals surface area contributed by atoms with Crippen LogP contribution in [0.1, 0.15) is 55.5 Å². The number of hydrogen-bond donors (Lipinski definition) is 0. The lowest BCUT2D eigenvalue weighted by molar-refractivity contribution is 0.0750. The first kappa shape index (κ1) is 16.2. The Bertz CT molecular complexity index is 384. The van der Waals surface area contributed by atoms with E-state index >= 15 is 0 Å². The Morgan fingerprint density at radius 1 is 1.11 bits per heavy atom. The molecule has 0 unspecified atom stereocenters. The van der Waals surface area contributed by atoms with Crippen LogP contribution in [0.15, 0.2) is 24.3 Å². The summed E-state index contributed by atoms with van der Waals surface area (Å²) in [5.41, 5.74) is 1.91. The summed E-state index contributed by atoms with van der Waals surface area (Å²) in [5, 5.41) is 0.726. The van der Waals surface area contributed by atoms with Gasteiger partial charge in [0.2, 0.25) is 0 Å². The van der Waals surface area contributed by atoms with Crippen molar-refractivity contribution in [2.45, 2.75) is 44.9 Å². The number of carbonyl (C=O) groups is 1. The molecule has 0 aromatic heterocycles. The lowest BCUT2D eigenvalue weighted by Gasteiger charge is -2.23. The average molecular weight is 326 g/mol. The predicted molar refractivity (Wildman–Crippen MR) is 84.8 cm³/mol. The third-order valence-corrected chi connectivity index (χ3v) is 3.85. The fourth-order valence-corrected chi connectivity index (χ4v) is 2.52. The van der Waals surface area contributed by atoms with Gasteiger partial charge in [0, 0.05) is 24.0 Å². The van der Waals surface area contributed by atoms with Crippen LogP contribution in [0.5, 0.6) is 0 Å². The normalized spacial score (nSPS) is 10.5. The second kappa shape index (κ2) is 9.13. The minimum Gasteiger partial charge on any atom is -0.339 e. The van der Waals surface area contributed by atoms with Crippen LogP contribution in [0.25, 0.3) is 0 Å². The van der Waals surface area contributed by atoms with Gasteiger partial charge in [0.15, 0.2) is 0 Å². The molecule has 0 fully saturated rings. The summed E-state index contributed by atoms with van der Waals surface area (Å²) in [6.07, 6.45) is 4.39. The van der Waals surface area contributed by atoms with Gasteiger partial charge in [0.1, 0.15) is 0 Å². The van der Waals surface area contributed by atoms with Gasteiger partial charge >= 0.3 is 0 Å². The molecule has 106 valence electrons. The minimum absolute atomic E-state index is 0.178. The van der Waals surface area contributed by atoms with Crippen molar-refractivity contribution in [3.63, 3.8) is 0 Å². The number of rotatable bonds is 8. The highest BCUT2D eigenvalue weighted by atomic mass is 79.9. The molecule has 1 amide bonds. The average Bonchev–Trinajstić information content (AvgIpc) is 2.46. The van der Waals surface area contributed by atoms with Crippen molar-refractivity contribution >= 4 is 21.8 Å². The highest BCUT2D eigenvalue weighted by Crippen LogP contribution is 2.16. The predicted octanol–water partition coefficient (Wildman–Crippen LogP) is 4.62. The molecule has 0 radical (unpaired) electrons. The minimum atomic E-state index is 0.178. The van der Waals surface area contributed by atoms with Crippen molar-refractivity contribution in [2.75, 3.05) is 13.1 Å². The van der Waals surface area contributed by atoms with Gasteiger partial charge in [-0.3, -0.25) is 4.79 Å². The van der Waals surface area contributed by atoms with E-state index in [1.807, 2.05) is 29.2 Å². The Balaban J connectivity index is 2.84. The topological polar surface area (TPSA) is 20.3 Å². The molecule has 0 aliphatic heterocycles. The summed E-state index contributed by atoms with van der Waals surface area (Å²) in [4.78, 5) is 14.6. The fourth-order valence-electron chi connectivity index (χ4n) is 2.03. The number of halogens is 1. The second-order valence-corrected chi connectivity index (χ2v) is 5.35. The molecule has 3 heteroatoms. The van der Waals surface area contributed by atoms with Crippen LogP contribution in [0, 0.1) is 0 Å². The van der Waals surface area contributed by atoms with E-state index in [0.29, 0.717) is 0 Å². The van der Waals surface area contributed by atoms with Crippen LogP contribution in [-0.4, -0.2) is 23.9 Å². The number of benzene rings is 1. The van der Waals surface area contributed by atoms with Gasteiger partial charge < -0.3 is 4.90 Å². The van der Waals surface area contributed by atoms with Gasteiger partial charge in [-0.2, -0.15) is 0 Å². The number of amides is 1. The highest BCUT2D eigenvalue weighted by molar-refractivity contribution is 9.08. The smallest absolute Gasteiger partial charge is 0.254 e. The van der Waals surface area contributed by atoms with Crippen LogP contribution in [0.2, 0.25) is 0 Å². The summed E-state index contributed by atoms with van der Waals surface area (Å²) in [6, 6.07) is 7.87. The first-order valence-electron chi connectivity index (χ1n) is 7.17. The van der Waals surface area contributed by atoms with Crippen molar-refractivity contribution in [1.82, 2.24) is 4.90 Å². The van der Waals surface area contributed by atoms with Crippen LogP contribution in [0.4, 0.5) is 0 Å². The largest absolute Gasteiger partial charge is 0.339 e. The van der Waals surface area contributed by atoms with Gasteiger partial charge in [0.05, 0.1) is 0 Å². The standard InChI is InChI=1S/C16H24BrNO/c1-3-5-11-18(12-6-4-2)16(19)15-10-8-7-9-14(15)13-17/h7-10H,3-6,11-13H2,1-2H3. The van der Waals surface area contributed by atoms with E-state index < -0.39 is 0 Å².